The Bertz CT molecular complexity index is 719. The summed E-state index contributed by atoms with van der Waals surface area (Å²) in [5, 5.41) is 2.36. The van der Waals surface area contributed by atoms with Gasteiger partial charge < -0.3 is 14.8 Å². The van der Waals surface area contributed by atoms with Crippen molar-refractivity contribution in [2.75, 3.05) is 19.0 Å². The molecule has 0 radical (unpaired) electrons. The van der Waals surface area contributed by atoms with Crippen LogP contribution in [0.25, 0.3) is 0 Å². The molecular weight excluding hydrogens is 369 g/mol. The number of carbonyl (C=O) groups is 2. The standard InChI is InChI=1S/C16H13BrFNO4/c1-22-16(21)10-2-7-13(18)14(8-10)19-15(20)9-23-12-5-3-11(17)4-6-12/h2-8H,9H2,1H3,(H,19,20). The molecule has 0 aromatic heterocycles. The van der Waals surface area contributed by atoms with Gasteiger partial charge in [0.1, 0.15) is 11.6 Å². The Morgan fingerprint density at radius 2 is 1.87 bits per heavy atom. The molecule has 7 heteroatoms. The number of hydrogen-bond donors (Lipinski definition) is 1. The maximum absolute atomic E-state index is 13.7. The number of halogens is 2. The quantitative estimate of drug-likeness (QED) is 0.806. The summed E-state index contributed by atoms with van der Waals surface area (Å²) in [4.78, 5) is 23.2. The van der Waals surface area contributed by atoms with Gasteiger partial charge in [0.05, 0.1) is 18.4 Å². The minimum Gasteiger partial charge on any atom is -0.484 e. The second kappa shape index (κ2) is 7.73. The molecular formula is C16H13BrFNO4. The van der Waals surface area contributed by atoms with Crippen LogP contribution in [0.1, 0.15) is 10.4 Å². The van der Waals surface area contributed by atoms with E-state index in [0.717, 1.165) is 10.5 Å². The molecule has 5 nitrogen and oxygen atoms in total. The molecule has 2 aromatic carbocycles. The second-order valence-electron chi connectivity index (χ2n) is 4.48. The van der Waals surface area contributed by atoms with Gasteiger partial charge in [-0.05, 0) is 42.5 Å². The predicted molar refractivity (Wildman–Crippen MR) is 86.0 cm³/mol. The first kappa shape index (κ1) is 17.0. The number of benzene rings is 2. The van der Waals surface area contributed by atoms with Gasteiger partial charge in [-0.3, -0.25) is 4.79 Å². The molecule has 0 aliphatic heterocycles. The van der Waals surface area contributed by atoms with Crippen LogP contribution < -0.4 is 10.1 Å². The number of nitrogens with one attached hydrogen (secondary N) is 1. The van der Waals surface area contributed by atoms with Gasteiger partial charge in [-0.25, -0.2) is 9.18 Å². The molecule has 0 aliphatic rings. The third-order valence-corrected chi connectivity index (χ3v) is 3.37. The first-order chi connectivity index (χ1) is 11.0. The summed E-state index contributed by atoms with van der Waals surface area (Å²) in [5.74, 6) is -1.32. The molecule has 0 unspecified atom stereocenters. The SMILES string of the molecule is COC(=O)c1ccc(F)c(NC(=O)COc2ccc(Br)cc2)c1. The highest BCUT2D eigenvalue weighted by Crippen LogP contribution is 2.18. The van der Waals surface area contributed by atoms with Crippen LogP contribution in [0, 0.1) is 5.82 Å². The number of amides is 1. The third-order valence-electron chi connectivity index (χ3n) is 2.85. The van der Waals surface area contributed by atoms with Gasteiger partial charge in [-0.15, -0.1) is 0 Å². The van der Waals surface area contributed by atoms with Crippen molar-refractivity contribution < 1.29 is 23.5 Å². The molecule has 1 N–H and O–H groups in total. The molecule has 0 bridgehead atoms. The molecule has 0 atom stereocenters. The summed E-state index contributed by atoms with van der Waals surface area (Å²) in [5.41, 5.74) is 0.0235. The molecule has 0 saturated carbocycles. The van der Waals surface area contributed by atoms with Crippen molar-refractivity contribution in [2.45, 2.75) is 0 Å². The molecule has 1 amide bonds. The van der Waals surface area contributed by atoms with Crippen LogP contribution in [0.4, 0.5) is 10.1 Å². The minimum atomic E-state index is -0.658. The highest BCUT2D eigenvalue weighted by atomic mass is 79.9. The minimum absolute atomic E-state index is 0.114. The summed E-state index contributed by atoms with van der Waals surface area (Å²) in [7, 11) is 1.22. The zero-order chi connectivity index (χ0) is 16.8. The summed E-state index contributed by atoms with van der Waals surface area (Å²) in [6, 6.07) is 10.5. The average Bonchev–Trinajstić information content (AvgIpc) is 2.55. The zero-order valence-corrected chi connectivity index (χ0v) is 13.7. The van der Waals surface area contributed by atoms with E-state index in [9.17, 15) is 14.0 Å². The molecule has 0 fully saturated rings. The molecule has 0 spiro atoms. The van der Waals surface area contributed by atoms with Gasteiger partial charge in [-0.2, -0.15) is 0 Å². The van der Waals surface area contributed by atoms with Crippen LogP contribution in [0.3, 0.4) is 0 Å². The van der Waals surface area contributed by atoms with E-state index in [-0.39, 0.29) is 17.9 Å². The van der Waals surface area contributed by atoms with Crippen molar-refractivity contribution in [3.8, 4) is 5.75 Å². The van der Waals surface area contributed by atoms with Crippen LogP contribution in [-0.2, 0) is 9.53 Å². The fraction of sp³-hybridized carbons (Fsp3) is 0.125. The molecule has 0 heterocycles. The van der Waals surface area contributed by atoms with E-state index in [1.807, 2.05) is 0 Å². The molecule has 23 heavy (non-hydrogen) atoms. The number of methoxy groups -OCH3 is 1. The molecule has 0 saturated heterocycles. The van der Waals surface area contributed by atoms with E-state index in [4.69, 9.17) is 4.74 Å². The van der Waals surface area contributed by atoms with E-state index in [1.165, 1.54) is 19.2 Å². The molecule has 120 valence electrons. The van der Waals surface area contributed by atoms with E-state index < -0.39 is 17.7 Å². The zero-order valence-electron chi connectivity index (χ0n) is 12.1. The van der Waals surface area contributed by atoms with Crippen LogP contribution in [0.15, 0.2) is 46.9 Å². The lowest BCUT2D eigenvalue weighted by molar-refractivity contribution is -0.118. The number of anilines is 1. The van der Waals surface area contributed by atoms with E-state index in [1.54, 1.807) is 24.3 Å². The first-order valence-corrected chi connectivity index (χ1v) is 7.35. The highest BCUT2D eigenvalue weighted by molar-refractivity contribution is 9.10. The fourth-order valence-electron chi connectivity index (χ4n) is 1.73. The predicted octanol–water partition coefficient (Wildman–Crippen LogP) is 3.39. The number of ether oxygens (including phenoxy) is 2. The summed E-state index contributed by atoms with van der Waals surface area (Å²) in [6.45, 7) is -0.288. The topological polar surface area (TPSA) is 64.6 Å². The molecule has 2 rings (SSSR count). The summed E-state index contributed by atoms with van der Waals surface area (Å²) < 4.78 is 24.4. The van der Waals surface area contributed by atoms with Gasteiger partial charge in [-0.1, -0.05) is 15.9 Å². The van der Waals surface area contributed by atoms with Crippen molar-refractivity contribution in [1.82, 2.24) is 0 Å². The second-order valence-corrected chi connectivity index (χ2v) is 5.39. The van der Waals surface area contributed by atoms with E-state index in [2.05, 4.69) is 26.0 Å². The smallest absolute Gasteiger partial charge is 0.337 e. The normalized spacial score (nSPS) is 10.0. The maximum atomic E-state index is 13.7. The third kappa shape index (κ3) is 4.79. The lowest BCUT2D eigenvalue weighted by atomic mass is 10.2. The van der Waals surface area contributed by atoms with Gasteiger partial charge in [0.25, 0.3) is 5.91 Å². The monoisotopic (exact) mass is 381 g/mol. The lowest BCUT2D eigenvalue weighted by Gasteiger charge is -2.09. The van der Waals surface area contributed by atoms with E-state index >= 15 is 0 Å². The average molecular weight is 382 g/mol. The lowest BCUT2D eigenvalue weighted by Crippen LogP contribution is -2.21. The first-order valence-electron chi connectivity index (χ1n) is 6.55. The highest BCUT2D eigenvalue weighted by Gasteiger charge is 2.12. The van der Waals surface area contributed by atoms with Crippen LogP contribution in [-0.4, -0.2) is 25.6 Å². The Balaban J connectivity index is 1.99. The van der Waals surface area contributed by atoms with Gasteiger partial charge in [0, 0.05) is 4.47 Å². The number of carbonyl (C=O) groups excluding carboxylic acids is 2. The van der Waals surface area contributed by atoms with Gasteiger partial charge >= 0.3 is 5.97 Å². The molecule has 2 aromatic rings. The van der Waals surface area contributed by atoms with Crippen molar-refractivity contribution >= 4 is 33.5 Å². The number of esters is 1. The Kier molecular flexibility index (Phi) is 5.70. The van der Waals surface area contributed by atoms with Crippen molar-refractivity contribution in [3.63, 3.8) is 0 Å². The number of hydrogen-bond acceptors (Lipinski definition) is 4. The summed E-state index contributed by atoms with van der Waals surface area (Å²) in [6.07, 6.45) is 0. The largest absolute Gasteiger partial charge is 0.484 e. The maximum Gasteiger partial charge on any atom is 0.337 e. The Morgan fingerprint density at radius 3 is 2.52 bits per heavy atom. The van der Waals surface area contributed by atoms with Crippen molar-refractivity contribution in [2.24, 2.45) is 0 Å². The summed E-state index contributed by atoms with van der Waals surface area (Å²) >= 11 is 3.29. The van der Waals surface area contributed by atoms with Crippen molar-refractivity contribution in [3.05, 3.63) is 58.3 Å². The fourth-order valence-corrected chi connectivity index (χ4v) is 2.00. The Labute approximate surface area is 140 Å². The van der Waals surface area contributed by atoms with E-state index in [0.29, 0.717) is 5.75 Å². The van der Waals surface area contributed by atoms with Crippen LogP contribution in [0.5, 0.6) is 5.75 Å². The van der Waals surface area contributed by atoms with Crippen LogP contribution >= 0.6 is 15.9 Å². The van der Waals surface area contributed by atoms with Gasteiger partial charge in [0.2, 0.25) is 0 Å². The Hall–Kier alpha value is -2.41. The van der Waals surface area contributed by atoms with Gasteiger partial charge in [0.15, 0.2) is 6.61 Å². The van der Waals surface area contributed by atoms with Crippen LogP contribution in [0.2, 0.25) is 0 Å². The number of rotatable bonds is 5. The molecule has 0 aliphatic carbocycles. The van der Waals surface area contributed by atoms with Crippen molar-refractivity contribution in [1.29, 1.82) is 0 Å². The Morgan fingerprint density at radius 1 is 1.17 bits per heavy atom.